The predicted molar refractivity (Wildman–Crippen MR) is 142 cm³/mol. The van der Waals surface area contributed by atoms with Crippen LogP contribution in [0.2, 0.25) is 0 Å². The fourth-order valence-electron chi connectivity index (χ4n) is 4.82. The number of hydrogen-bond acceptors (Lipinski definition) is 7. The highest BCUT2D eigenvalue weighted by atomic mass is 32.2. The number of rotatable bonds is 6. The van der Waals surface area contributed by atoms with Gasteiger partial charge in [0.1, 0.15) is 23.1 Å². The van der Waals surface area contributed by atoms with Crippen molar-refractivity contribution in [1.82, 2.24) is 14.2 Å². The standard InChI is InChI=1S/C28H34FN3O6S/c1-19-16-32(20(2)18-33)27(34)24-13-21(9-12-28(35)10-4-5-11-28)15-30-26(24)38-25(19)17-31(3)39(36,37)23-8-6-7-22(29)14-23/h6-8,13-15,19-20,25,33,35H,4-5,10-11,16-18H2,1-3H3/t19-,20-,25+/m1/s1. The van der Waals surface area contributed by atoms with Crippen LogP contribution in [0.5, 0.6) is 5.88 Å². The number of pyridine rings is 1. The molecule has 9 nitrogen and oxygen atoms in total. The molecular weight excluding hydrogens is 525 g/mol. The lowest BCUT2D eigenvalue weighted by Crippen LogP contribution is -2.50. The van der Waals surface area contributed by atoms with Gasteiger partial charge in [0.15, 0.2) is 0 Å². The number of aliphatic hydroxyl groups excluding tert-OH is 1. The fourth-order valence-corrected chi connectivity index (χ4v) is 6.04. The summed E-state index contributed by atoms with van der Waals surface area (Å²) in [6, 6.07) is 5.81. The van der Waals surface area contributed by atoms with E-state index in [1.165, 1.54) is 36.3 Å². The zero-order valence-corrected chi connectivity index (χ0v) is 23.1. The van der Waals surface area contributed by atoms with Gasteiger partial charge in [0.25, 0.3) is 5.91 Å². The number of likely N-dealkylation sites (N-methyl/N-ethyl adjacent to an activating group) is 1. The third kappa shape index (κ3) is 6.41. The van der Waals surface area contributed by atoms with Crippen LogP contribution in [0.4, 0.5) is 4.39 Å². The second-order valence-electron chi connectivity index (χ2n) is 10.4. The maximum Gasteiger partial charge on any atom is 0.259 e. The monoisotopic (exact) mass is 559 g/mol. The van der Waals surface area contributed by atoms with E-state index in [0.717, 1.165) is 23.2 Å². The molecule has 0 radical (unpaired) electrons. The molecule has 1 amide bonds. The average molecular weight is 560 g/mol. The largest absolute Gasteiger partial charge is 0.472 e. The predicted octanol–water partition coefficient (Wildman–Crippen LogP) is 2.42. The number of halogens is 1. The summed E-state index contributed by atoms with van der Waals surface area (Å²) in [5.41, 5.74) is -0.493. The van der Waals surface area contributed by atoms with Crippen LogP contribution in [-0.2, 0) is 10.0 Å². The molecular formula is C28H34FN3O6S. The third-order valence-electron chi connectivity index (χ3n) is 7.33. The summed E-state index contributed by atoms with van der Waals surface area (Å²) in [6.07, 6.45) is 3.71. The zero-order valence-electron chi connectivity index (χ0n) is 22.3. The Morgan fingerprint density at radius 3 is 2.69 bits per heavy atom. The Morgan fingerprint density at radius 2 is 2.03 bits per heavy atom. The number of hydrogen-bond donors (Lipinski definition) is 2. The van der Waals surface area contributed by atoms with E-state index in [0.29, 0.717) is 18.4 Å². The molecule has 4 rings (SSSR count). The van der Waals surface area contributed by atoms with E-state index in [2.05, 4.69) is 16.8 Å². The summed E-state index contributed by atoms with van der Waals surface area (Å²) in [7, 11) is -2.64. The highest BCUT2D eigenvalue weighted by Crippen LogP contribution is 2.30. The fraction of sp³-hybridized carbons (Fsp3) is 0.500. The lowest BCUT2D eigenvalue weighted by molar-refractivity contribution is 0.0373. The number of fused-ring (bicyclic) bond motifs is 1. The first-order chi connectivity index (χ1) is 18.4. The second kappa shape index (κ2) is 11.6. The molecule has 1 aromatic carbocycles. The molecule has 210 valence electrons. The van der Waals surface area contributed by atoms with Crippen molar-refractivity contribution in [3.63, 3.8) is 0 Å². The van der Waals surface area contributed by atoms with Gasteiger partial charge in [-0.3, -0.25) is 4.79 Å². The minimum absolute atomic E-state index is 0.0216. The Kier molecular flexibility index (Phi) is 8.61. The maximum absolute atomic E-state index is 13.7. The summed E-state index contributed by atoms with van der Waals surface area (Å²) >= 11 is 0. The molecule has 11 heteroatoms. The SMILES string of the molecule is C[C@@H]1CN([C@H](C)CO)C(=O)c2cc(C#CC3(O)CCCC3)cnc2O[C@H]1CN(C)S(=O)(=O)c1cccc(F)c1. The van der Waals surface area contributed by atoms with Crippen LogP contribution >= 0.6 is 0 Å². The van der Waals surface area contributed by atoms with Crippen molar-refractivity contribution >= 4 is 15.9 Å². The van der Waals surface area contributed by atoms with Gasteiger partial charge in [0.2, 0.25) is 15.9 Å². The molecule has 0 unspecified atom stereocenters. The van der Waals surface area contributed by atoms with Gasteiger partial charge in [-0.2, -0.15) is 4.31 Å². The Hall–Kier alpha value is -3.04. The molecule has 2 aromatic rings. The number of aromatic nitrogens is 1. The molecule has 2 N–H and O–H groups in total. The van der Waals surface area contributed by atoms with Crippen LogP contribution in [0.25, 0.3) is 0 Å². The molecule has 1 aliphatic carbocycles. The van der Waals surface area contributed by atoms with E-state index >= 15 is 0 Å². The molecule has 39 heavy (non-hydrogen) atoms. The van der Waals surface area contributed by atoms with E-state index in [1.54, 1.807) is 13.0 Å². The molecule has 3 atom stereocenters. The van der Waals surface area contributed by atoms with Crippen LogP contribution in [-0.4, -0.2) is 83.2 Å². The Balaban J connectivity index is 1.67. The van der Waals surface area contributed by atoms with Gasteiger partial charge in [-0.1, -0.05) is 24.8 Å². The van der Waals surface area contributed by atoms with Crippen LogP contribution in [0, 0.1) is 23.6 Å². The number of ether oxygens (including phenoxy) is 1. The van der Waals surface area contributed by atoms with Gasteiger partial charge in [-0.05, 0) is 56.9 Å². The van der Waals surface area contributed by atoms with Gasteiger partial charge in [-0.15, -0.1) is 0 Å². The van der Waals surface area contributed by atoms with Gasteiger partial charge >= 0.3 is 0 Å². The highest BCUT2D eigenvalue weighted by molar-refractivity contribution is 7.89. The molecule has 1 saturated carbocycles. The molecule has 0 spiro atoms. The highest BCUT2D eigenvalue weighted by Gasteiger charge is 2.36. The van der Waals surface area contributed by atoms with Crippen molar-refractivity contribution in [1.29, 1.82) is 0 Å². The van der Waals surface area contributed by atoms with Crippen molar-refractivity contribution < 1.29 is 32.6 Å². The summed E-state index contributed by atoms with van der Waals surface area (Å²) in [6.45, 7) is 3.37. The van der Waals surface area contributed by atoms with Gasteiger partial charge in [0, 0.05) is 31.3 Å². The summed E-state index contributed by atoms with van der Waals surface area (Å²) in [5, 5.41) is 20.4. The number of sulfonamides is 1. The van der Waals surface area contributed by atoms with E-state index < -0.39 is 39.5 Å². The smallest absolute Gasteiger partial charge is 0.259 e. The lowest BCUT2D eigenvalue weighted by atomic mass is 10.00. The quantitative estimate of drug-likeness (QED) is 0.522. The maximum atomic E-state index is 13.7. The van der Waals surface area contributed by atoms with Crippen molar-refractivity contribution in [3.05, 3.63) is 53.5 Å². The average Bonchev–Trinajstić information content (AvgIpc) is 3.35. The topological polar surface area (TPSA) is 120 Å². The molecule has 1 aromatic heterocycles. The molecule has 1 fully saturated rings. The molecule has 0 saturated heterocycles. The first-order valence-electron chi connectivity index (χ1n) is 13.0. The third-order valence-corrected chi connectivity index (χ3v) is 9.15. The van der Waals surface area contributed by atoms with Crippen molar-refractivity contribution in [2.75, 3.05) is 26.7 Å². The molecule has 2 heterocycles. The van der Waals surface area contributed by atoms with E-state index in [1.807, 2.05) is 6.92 Å². The van der Waals surface area contributed by atoms with Crippen molar-refractivity contribution in [2.24, 2.45) is 5.92 Å². The number of nitrogens with zero attached hydrogens (tertiary/aromatic N) is 3. The zero-order chi connectivity index (χ0) is 28.4. The van der Waals surface area contributed by atoms with Crippen LogP contribution in [0.1, 0.15) is 55.5 Å². The Bertz CT molecular complexity index is 1380. The second-order valence-corrected chi connectivity index (χ2v) is 12.5. The minimum Gasteiger partial charge on any atom is -0.472 e. The van der Waals surface area contributed by atoms with Gasteiger partial charge in [-0.25, -0.2) is 17.8 Å². The number of carbonyl (C=O) groups is 1. The van der Waals surface area contributed by atoms with Gasteiger partial charge in [0.05, 0.1) is 24.1 Å². The first kappa shape index (κ1) is 29.0. The normalized spacial score (nSPS) is 21.8. The lowest BCUT2D eigenvalue weighted by Gasteiger charge is -2.37. The van der Waals surface area contributed by atoms with Crippen molar-refractivity contribution in [3.8, 4) is 17.7 Å². The Morgan fingerprint density at radius 1 is 1.31 bits per heavy atom. The summed E-state index contributed by atoms with van der Waals surface area (Å²) in [4.78, 5) is 19.3. The van der Waals surface area contributed by atoms with Gasteiger partial charge < -0.3 is 19.8 Å². The summed E-state index contributed by atoms with van der Waals surface area (Å²) in [5.74, 6) is 4.45. The Labute approximate surface area is 228 Å². The number of aliphatic hydroxyl groups is 2. The molecule has 1 aliphatic heterocycles. The summed E-state index contributed by atoms with van der Waals surface area (Å²) < 4.78 is 47.3. The van der Waals surface area contributed by atoms with E-state index in [4.69, 9.17) is 4.74 Å². The minimum atomic E-state index is -4.03. The number of benzene rings is 1. The van der Waals surface area contributed by atoms with E-state index in [-0.39, 0.29) is 42.0 Å². The number of amides is 1. The number of carbonyl (C=O) groups excluding carboxylic acids is 1. The van der Waals surface area contributed by atoms with E-state index in [9.17, 15) is 27.8 Å². The van der Waals surface area contributed by atoms with Crippen LogP contribution in [0.15, 0.2) is 41.4 Å². The first-order valence-corrected chi connectivity index (χ1v) is 14.4. The molecule has 2 aliphatic rings. The van der Waals surface area contributed by atoms with Crippen LogP contribution < -0.4 is 4.74 Å². The molecule has 0 bridgehead atoms. The van der Waals surface area contributed by atoms with Crippen LogP contribution in [0.3, 0.4) is 0 Å². The van der Waals surface area contributed by atoms with Crippen molar-refractivity contribution in [2.45, 2.75) is 62.2 Å².